The molecule has 1 aliphatic carbocycles. The number of hydrogen-bond acceptors (Lipinski definition) is 6. The van der Waals surface area contributed by atoms with Gasteiger partial charge in [0.1, 0.15) is 11.7 Å². The van der Waals surface area contributed by atoms with Crippen molar-refractivity contribution in [2.24, 2.45) is 17.6 Å². The summed E-state index contributed by atoms with van der Waals surface area (Å²) in [5.41, 5.74) is 9.68. The molecular weight excluding hydrogens is 579 g/mol. The Bertz CT molecular complexity index is 1630. The Labute approximate surface area is 270 Å². The fraction of sp³-hybridized carbons (Fsp3) is 0.333. The molecule has 0 saturated heterocycles. The molecule has 1 heterocycles. The van der Waals surface area contributed by atoms with Crippen LogP contribution in [0, 0.1) is 11.8 Å². The van der Waals surface area contributed by atoms with E-state index in [2.05, 4.69) is 29.5 Å². The van der Waals surface area contributed by atoms with E-state index in [0.717, 1.165) is 59.7 Å². The molecule has 10 heteroatoms. The maximum absolute atomic E-state index is 12.4. The highest BCUT2D eigenvalue weighted by Gasteiger charge is 2.31. The number of fused-ring (bicyclic) bond motifs is 1. The van der Waals surface area contributed by atoms with Gasteiger partial charge < -0.3 is 26.4 Å². The molecule has 6 N–H and O–H groups in total. The van der Waals surface area contributed by atoms with Crippen molar-refractivity contribution in [3.63, 3.8) is 0 Å². The first-order valence-corrected chi connectivity index (χ1v) is 15.9. The summed E-state index contributed by atoms with van der Waals surface area (Å²) in [5.74, 6) is -0.305. The van der Waals surface area contributed by atoms with Gasteiger partial charge >= 0.3 is 7.12 Å². The van der Waals surface area contributed by atoms with E-state index >= 15 is 0 Å². The van der Waals surface area contributed by atoms with Crippen molar-refractivity contribution in [1.82, 2.24) is 15.6 Å². The van der Waals surface area contributed by atoms with Gasteiger partial charge in [0.15, 0.2) is 0 Å². The van der Waals surface area contributed by atoms with Gasteiger partial charge in [-0.15, -0.1) is 0 Å². The molecule has 1 fully saturated rings. The monoisotopic (exact) mass is 622 g/mol. The molecule has 1 aromatic heterocycles. The molecule has 3 amide bonds. The summed E-state index contributed by atoms with van der Waals surface area (Å²) in [6, 6.07) is 25.7. The molecule has 0 aliphatic heterocycles. The van der Waals surface area contributed by atoms with E-state index < -0.39 is 19.1 Å². The number of nitrogens with zero attached hydrogens (tertiary/aromatic N) is 1. The summed E-state index contributed by atoms with van der Waals surface area (Å²) in [6.07, 6.45) is 5.50. The summed E-state index contributed by atoms with van der Waals surface area (Å²) < 4.78 is 0. The van der Waals surface area contributed by atoms with Crippen LogP contribution in [0.2, 0.25) is 0 Å². The SMILES string of the molecule is CCC(C)CC(=O)NCc1cc(B(O)O)cc(-c2ccccc2)c1.NC(=O)C(NC(=O)c1ccc2ccccc2n1)C1CCCC1. The van der Waals surface area contributed by atoms with Crippen molar-refractivity contribution in [2.75, 3.05) is 0 Å². The van der Waals surface area contributed by atoms with Gasteiger partial charge in [0, 0.05) is 18.4 Å². The Morgan fingerprint density at radius 3 is 2.30 bits per heavy atom. The molecule has 4 aromatic rings. The molecule has 0 bridgehead atoms. The lowest BCUT2D eigenvalue weighted by Gasteiger charge is -2.21. The van der Waals surface area contributed by atoms with Crippen LogP contribution < -0.4 is 21.8 Å². The second-order valence-corrected chi connectivity index (χ2v) is 12.0. The van der Waals surface area contributed by atoms with Crippen molar-refractivity contribution in [3.05, 3.63) is 96.2 Å². The van der Waals surface area contributed by atoms with Crippen LogP contribution in [0.15, 0.2) is 84.9 Å². The van der Waals surface area contributed by atoms with Crippen LogP contribution in [-0.2, 0) is 16.1 Å². The molecule has 0 spiro atoms. The van der Waals surface area contributed by atoms with Crippen LogP contribution in [0.3, 0.4) is 0 Å². The van der Waals surface area contributed by atoms with Crippen LogP contribution in [0.5, 0.6) is 0 Å². The molecule has 9 nitrogen and oxygen atoms in total. The topological polar surface area (TPSA) is 155 Å². The molecule has 3 aromatic carbocycles. The maximum Gasteiger partial charge on any atom is 0.488 e. The van der Waals surface area contributed by atoms with E-state index in [-0.39, 0.29) is 17.7 Å². The number of primary amides is 1. The van der Waals surface area contributed by atoms with E-state index in [1.165, 1.54) is 0 Å². The molecule has 2 atom stereocenters. The standard InChI is InChI=1S/C19H24BNO3.C17H19N3O2/c1-3-14(2)9-19(22)21-13-15-10-17(12-18(11-15)20(23)24)16-7-5-4-6-8-16;18-16(21)15(12-6-1-2-7-12)20-17(22)14-10-9-11-5-3-4-8-13(11)19-14/h4-8,10-12,14,23-24H,3,9,13H2,1-2H3,(H,21,22);3-5,8-10,12,15H,1-2,6-7H2,(H2,18,21)(H,20,22). The largest absolute Gasteiger partial charge is 0.488 e. The van der Waals surface area contributed by atoms with Gasteiger partial charge in [0.2, 0.25) is 11.8 Å². The van der Waals surface area contributed by atoms with E-state index in [9.17, 15) is 24.4 Å². The first kappa shape index (κ1) is 34.3. The summed E-state index contributed by atoms with van der Waals surface area (Å²) >= 11 is 0. The third-order valence-corrected chi connectivity index (χ3v) is 8.44. The number of amides is 3. The molecule has 46 heavy (non-hydrogen) atoms. The Hall–Kier alpha value is -4.54. The summed E-state index contributed by atoms with van der Waals surface area (Å²) in [7, 11) is -1.54. The number of nitrogens with one attached hydrogen (secondary N) is 2. The number of benzene rings is 3. The first-order valence-electron chi connectivity index (χ1n) is 15.9. The Kier molecular flexibility index (Phi) is 12.5. The average Bonchev–Trinajstić information content (AvgIpc) is 3.61. The van der Waals surface area contributed by atoms with Crippen LogP contribution in [0.1, 0.15) is 68.4 Å². The lowest BCUT2D eigenvalue weighted by Crippen LogP contribution is -2.48. The summed E-state index contributed by atoms with van der Waals surface area (Å²) in [4.78, 5) is 40.3. The smallest absolute Gasteiger partial charge is 0.423 e. The van der Waals surface area contributed by atoms with Gasteiger partial charge in [-0.1, -0.05) is 99.8 Å². The van der Waals surface area contributed by atoms with Crippen molar-refractivity contribution in [3.8, 4) is 11.1 Å². The van der Waals surface area contributed by atoms with Crippen molar-refractivity contribution in [1.29, 1.82) is 0 Å². The van der Waals surface area contributed by atoms with Crippen molar-refractivity contribution < 1.29 is 24.4 Å². The van der Waals surface area contributed by atoms with Crippen LogP contribution in [-0.4, -0.2) is 45.9 Å². The zero-order valence-corrected chi connectivity index (χ0v) is 26.5. The zero-order valence-electron chi connectivity index (χ0n) is 26.5. The number of pyridine rings is 1. The summed E-state index contributed by atoms with van der Waals surface area (Å²) in [6.45, 7) is 4.49. The number of rotatable bonds is 11. The minimum absolute atomic E-state index is 0.0144. The van der Waals surface area contributed by atoms with E-state index in [0.29, 0.717) is 30.0 Å². The van der Waals surface area contributed by atoms with Crippen LogP contribution in [0.4, 0.5) is 0 Å². The number of hydrogen-bond donors (Lipinski definition) is 5. The maximum atomic E-state index is 12.4. The van der Waals surface area contributed by atoms with Crippen LogP contribution >= 0.6 is 0 Å². The highest BCUT2D eigenvalue weighted by atomic mass is 16.4. The molecule has 1 saturated carbocycles. The highest BCUT2D eigenvalue weighted by Crippen LogP contribution is 2.28. The second kappa shape index (κ2) is 16.7. The number of carbonyl (C=O) groups excluding carboxylic acids is 3. The van der Waals surface area contributed by atoms with E-state index in [1.807, 2.05) is 66.7 Å². The van der Waals surface area contributed by atoms with Gasteiger partial charge in [-0.25, -0.2) is 4.98 Å². The first-order chi connectivity index (χ1) is 22.1. The van der Waals surface area contributed by atoms with Crippen molar-refractivity contribution in [2.45, 2.75) is 65.0 Å². The van der Waals surface area contributed by atoms with Crippen molar-refractivity contribution >= 4 is 41.2 Å². The Morgan fingerprint density at radius 2 is 1.63 bits per heavy atom. The predicted molar refractivity (Wildman–Crippen MR) is 182 cm³/mol. The Morgan fingerprint density at radius 1 is 0.935 bits per heavy atom. The molecule has 2 unspecified atom stereocenters. The van der Waals surface area contributed by atoms with E-state index in [1.54, 1.807) is 18.2 Å². The predicted octanol–water partition coefficient (Wildman–Crippen LogP) is 4.09. The second-order valence-electron chi connectivity index (χ2n) is 12.0. The minimum atomic E-state index is -1.54. The molecule has 1 aliphatic rings. The lowest BCUT2D eigenvalue weighted by molar-refractivity contribution is -0.122. The fourth-order valence-electron chi connectivity index (χ4n) is 5.62. The Balaban J connectivity index is 0.000000209. The van der Waals surface area contributed by atoms with Gasteiger partial charge in [-0.3, -0.25) is 14.4 Å². The molecule has 0 radical (unpaired) electrons. The highest BCUT2D eigenvalue weighted by molar-refractivity contribution is 6.58. The normalized spacial score (nSPS) is 14.1. The summed E-state index contributed by atoms with van der Waals surface area (Å²) in [5, 5.41) is 25.7. The number of nitrogens with two attached hydrogens (primary N) is 1. The quantitative estimate of drug-likeness (QED) is 0.159. The third kappa shape index (κ3) is 9.73. The van der Waals surface area contributed by atoms with Gasteiger partial charge in [0.05, 0.1) is 5.52 Å². The fourth-order valence-corrected chi connectivity index (χ4v) is 5.62. The van der Waals surface area contributed by atoms with Gasteiger partial charge in [-0.2, -0.15) is 0 Å². The third-order valence-electron chi connectivity index (χ3n) is 8.44. The molecular formula is C36H43BN4O5. The van der Waals surface area contributed by atoms with E-state index in [4.69, 9.17) is 5.73 Å². The van der Waals surface area contributed by atoms with Gasteiger partial charge in [0.25, 0.3) is 5.91 Å². The zero-order chi connectivity index (χ0) is 33.1. The number of carbonyl (C=O) groups is 3. The van der Waals surface area contributed by atoms with Crippen LogP contribution in [0.25, 0.3) is 22.0 Å². The molecule has 240 valence electrons. The molecule has 5 rings (SSSR count). The minimum Gasteiger partial charge on any atom is -0.423 e. The number of para-hydroxylation sites is 1. The lowest BCUT2D eigenvalue weighted by atomic mass is 9.78. The number of aromatic nitrogens is 1. The average molecular weight is 623 g/mol. The van der Waals surface area contributed by atoms with Gasteiger partial charge in [-0.05, 0) is 65.0 Å².